The fourth-order valence-corrected chi connectivity index (χ4v) is 6.07. The van der Waals surface area contributed by atoms with Gasteiger partial charge in [0, 0.05) is 12.1 Å². The summed E-state index contributed by atoms with van der Waals surface area (Å²) < 4.78 is 0. The van der Waals surface area contributed by atoms with Crippen molar-refractivity contribution in [3.63, 3.8) is 0 Å². The van der Waals surface area contributed by atoms with Crippen molar-refractivity contribution in [1.82, 2.24) is 5.32 Å². The molecule has 1 heteroatoms. The van der Waals surface area contributed by atoms with E-state index in [9.17, 15) is 0 Å². The van der Waals surface area contributed by atoms with Gasteiger partial charge in [-0.15, -0.1) is 0 Å². The van der Waals surface area contributed by atoms with Crippen LogP contribution in [0.5, 0.6) is 0 Å². The molecule has 1 N–H and O–H groups in total. The summed E-state index contributed by atoms with van der Waals surface area (Å²) in [5.41, 5.74) is 0.718. The van der Waals surface area contributed by atoms with Crippen LogP contribution in [0.2, 0.25) is 0 Å². The fourth-order valence-electron chi connectivity index (χ4n) is 6.07. The van der Waals surface area contributed by atoms with E-state index in [0.29, 0.717) is 0 Å². The van der Waals surface area contributed by atoms with Gasteiger partial charge < -0.3 is 5.32 Å². The predicted molar refractivity (Wildman–Crippen MR) is 77.4 cm³/mol. The Balaban J connectivity index is 1.71. The van der Waals surface area contributed by atoms with Crippen molar-refractivity contribution in [2.45, 2.75) is 72.4 Å². The first-order valence-electron chi connectivity index (χ1n) is 8.31. The van der Waals surface area contributed by atoms with Crippen molar-refractivity contribution in [3.05, 3.63) is 0 Å². The summed E-state index contributed by atoms with van der Waals surface area (Å²) in [4.78, 5) is 0. The second-order valence-corrected chi connectivity index (χ2v) is 7.61. The minimum absolute atomic E-state index is 0.718. The Bertz CT molecular complexity index is 322. The van der Waals surface area contributed by atoms with Crippen molar-refractivity contribution < 1.29 is 0 Å². The van der Waals surface area contributed by atoms with Crippen LogP contribution in [0, 0.1) is 35.0 Å². The van der Waals surface area contributed by atoms with Crippen molar-refractivity contribution in [2.24, 2.45) is 35.0 Å². The highest BCUT2D eigenvalue weighted by Gasteiger charge is 2.73. The Morgan fingerprint density at radius 3 is 2.33 bits per heavy atom. The highest BCUT2D eigenvalue weighted by Crippen LogP contribution is 2.78. The zero-order valence-corrected chi connectivity index (χ0v) is 12.9. The van der Waals surface area contributed by atoms with Crippen LogP contribution >= 0.6 is 0 Å². The maximum Gasteiger partial charge on any atom is 0.00702 e. The minimum Gasteiger partial charge on any atom is -0.311 e. The highest BCUT2D eigenvalue weighted by atomic mass is 15.0. The first-order chi connectivity index (χ1) is 8.55. The highest BCUT2D eigenvalue weighted by molar-refractivity contribution is 5.21. The Kier molecular flexibility index (Phi) is 3.05. The van der Waals surface area contributed by atoms with Gasteiger partial charge in [-0.25, -0.2) is 0 Å². The molecule has 1 heterocycles. The van der Waals surface area contributed by atoms with E-state index >= 15 is 0 Å². The number of fused-ring (bicyclic) bond motifs is 1. The lowest BCUT2D eigenvalue weighted by Crippen LogP contribution is -2.44. The summed E-state index contributed by atoms with van der Waals surface area (Å²) >= 11 is 0. The van der Waals surface area contributed by atoms with Crippen molar-refractivity contribution >= 4 is 0 Å². The van der Waals surface area contributed by atoms with Gasteiger partial charge in [-0.1, -0.05) is 27.2 Å². The van der Waals surface area contributed by atoms with Crippen LogP contribution in [0.25, 0.3) is 0 Å². The van der Waals surface area contributed by atoms with Gasteiger partial charge >= 0.3 is 0 Å². The zero-order chi connectivity index (χ0) is 13.1. The lowest BCUT2D eigenvalue weighted by molar-refractivity contribution is -0.00720. The van der Waals surface area contributed by atoms with E-state index in [1.165, 1.54) is 25.7 Å². The topological polar surface area (TPSA) is 12.0 Å². The Hall–Kier alpha value is -0.0400. The third-order valence-electron chi connectivity index (χ3n) is 7.06. The molecule has 2 aliphatic carbocycles. The van der Waals surface area contributed by atoms with Crippen LogP contribution in [-0.4, -0.2) is 12.1 Å². The predicted octanol–water partition coefficient (Wildman–Crippen LogP) is 4.08. The molecule has 0 amide bonds. The molecule has 18 heavy (non-hydrogen) atoms. The second kappa shape index (κ2) is 4.23. The molecule has 1 aliphatic heterocycles. The molecule has 0 aromatic heterocycles. The number of rotatable bonds is 4. The molecule has 3 rings (SSSR count). The summed E-state index contributed by atoms with van der Waals surface area (Å²) in [6.07, 6.45) is 5.75. The molecule has 0 aromatic rings. The van der Waals surface area contributed by atoms with Gasteiger partial charge in [0.05, 0.1) is 0 Å². The second-order valence-electron chi connectivity index (χ2n) is 7.61. The van der Waals surface area contributed by atoms with E-state index in [0.717, 1.165) is 47.1 Å². The van der Waals surface area contributed by atoms with E-state index in [1.807, 2.05) is 0 Å². The average molecular weight is 249 g/mol. The minimum atomic E-state index is 0.718. The van der Waals surface area contributed by atoms with Crippen molar-refractivity contribution in [1.29, 1.82) is 0 Å². The van der Waals surface area contributed by atoms with Crippen LogP contribution in [-0.2, 0) is 0 Å². The lowest BCUT2D eigenvalue weighted by Gasteiger charge is -2.49. The van der Waals surface area contributed by atoms with Crippen LogP contribution in [0.3, 0.4) is 0 Å². The molecule has 2 saturated carbocycles. The van der Waals surface area contributed by atoms with Gasteiger partial charge in [0.15, 0.2) is 0 Å². The van der Waals surface area contributed by atoms with Crippen LogP contribution < -0.4 is 5.32 Å². The molecule has 0 aromatic carbocycles. The molecule has 8 unspecified atom stereocenters. The SMILES string of the molecule is CCC1C2C(C)C(CC)(CC3CC(C)NC3C)C12. The number of hydrogen-bond acceptors (Lipinski definition) is 1. The molecule has 3 aliphatic rings. The zero-order valence-electron chi connectivity index (χ0n) is 12.9. The van der Waals surface area contributed by atoms with E-state index in [2.05, 4.69) is 39.9 Å². The van der Waals surface area contributed by atoms with Gasteiger partial charge in [0.2, 0.25) is 0 Å². The molecule has 1 saturated heterocycles. The summed E-state index contributed by atoms with van der Waals surface area (Å²) in [6, 6.07) is 1.49. The van der Waals surface area contributed by atoms with E-state index < -0.39 is 0 Å². The quantitative estimate of drug-likeness (QED) is 0.791. The largest absolute Gasteiger partial charge is 0.311 e. The van der Waals surface area contributed by atoms with Crippen molar-refractivity contribution in [3.8, 4) is 0 Å². The third-order valence-corrected chi connectivity index (χ3v) is 7.06. The van der Waals surface area contributed by atoms with Gasteiger partial charge in [-0.2, -0.15) is 0 Å². The van der Waals surface area contributed by atoms with Gasteiger partial charge in [-0.3, -0.25) is 0 Å². The normalized spacial score (nSPS) is 58.2. The van der Waals surface area contributed by atoms with E-state index in [-0.39, 0.29) is 0 Å². The first-order valence-corrected chi connectivity index (χ1v) is 8.31. The van der Waals surface area contributed by atoms with Gasteiger partial charge in [-0.05, 0) is 68.1 Å². The smallest absolute Gasteiger partial charge is 0.00702 e. The molecule has 0 bridgehead atoms. The van der Waals surface area contributed by atoms with Crippen LogP contribution in [0.15, 0.2) is 0 Å². The summed E-state index contributed by atoms with van der Waals surface area (Å²) in [6.45, 7) is 12.2. The van der Waals surface area contributed by atoms with Crippen LogP contribution in [0.1, 0.15) is 60.3 Å². The molecule has 1 nitrogen and oxygen atoms in total. The van der Waals surface area contributed by atoms with E-state index in [1.54, 1.807) is 0 Å². The first kappa shape index (κ1) is 13.0. The summed E-state index contributed by atoms with van der Waals surface area (Å²) in [5, 5.41) is 3.73. The van der Waals surface area contributed by atoms with Gasteiger partial charge in [0.1, 0.15) is 0 Å². The van der Waals surface area contributed by atoms with Gasteiger partial charge in [0.25, 0.3) is 0 Å². The van der Waals surface area contributed by atoms with Crippen molar-refractivity contribution in [2.75, 3.05) is 0 Å². The van der Waals surface area contributed by atoms with Crippen LogP contribution in [0.4, 0.5) is 0 Å². The number of nitrogens with one attached hydrogen (secondary N) is 1. The summed E-state index contributed by atoms with van der Waals surface area (Å²) in [7, 11) is 0. The Labute approximate surface area is 113 Å². The maximum absolute atomic E-state index is 3.73. The third kappa shape index (κ3) is 1.55. The lowest BCUT2D eigenvalue weighted by atomic mass is 9.55. The Morgan fingerprint density at radius 2 is 1.89 bits per heavy atom. The maximum atomic E-state index is 3.73. The molecule has 104 valence electrons. The molecule has 0 spiro atoms. The summed E-state index contributed by atoms with van der Waals surface area (Å²) in [5.74, 6) is 5.23. The molecule has 3 fully saturated rings. The monoisotopic (exact) mass is 249 g/mol. The Morgan fingerprint density at radius 1 is 1.17 bits per heavy atom. The number of hydrogen-bond donors (Lipinski definition) is 1. The molecular weight excluding hydrogens is 218 g/mol. The molecular formula is C17H31N. The average Bonchev–Trinajstić information content (AvgIpc) is 2.95. The van der Waals surface area contributed by atoms with E-state index in [4.69, 9.17) is 0 Å². The fraction of sp³-hybridized carbons (Fsp3) is 1.00. The standard InChI is InChI=1S/C17H31N/c1-6-14-15-11(4)17(7-2,16(14)15)9-13-8-10(3)18-12(13)5/h10-16,18H,6-9H2,1-5H3. The molecule has 8 atom stereocenters. The molecule has 0 radical (unpaired) electrons.